The smallest absolute Gasteiger partial charge is 0.339 e. The lowest BCUT2D eigenvalue weighted by Crippen LogP contribution is -2.22. The van der Waals surface area contributed by atoms with Gasteiger partial charge in [0.1, 0.15) is 0 Å². The Morgan fingerprint density at radius 2 is 2.00 bits per heavy atom. The molecule has 132 valence electrons. The average Bonchev–Trinajstić information content (AvgIpc) is 3.45. The van der Waals surface area contributed by atoms with Gasteiger partial charge in [0.2, 0.25) is 0 Å². The highest BCUT2D eigenvalue weighted by Crippen LogP contribution is 2.40. The number of carbonyl (C=O) groups excluding carboxylic acids is 1. The lowest BCUT2D eigenvalue weighted by molar-refractivity contribution is 0.0598. The Kier molecular flexibility index (Phi) is 6.74. The van der Waals surface area contributed by atoms with E-state index in [0.29, 0.717) is 24.0 Å². The molecule has 1 aromatic carbocycles. The molecule has 0 unspecified atom stereocenters. The monoisotopic (exact) mass is 452 g/mol. The molecule has 6 nitrogen and oxygen atoms in total. The SMILES string of the molecule is COC(=O)c1ccc(CN=C(N)Nc2ccccc2)nc1C1CC1.I. The molecule has 1 heterocycles. The number of rotatable bonds is 5. The molecular weight excluding hydrogens is 431 g/mol. The van der Waals surface area contributed by atoms with Crippen LogP contribution in [0.15, 0.2) is 47.5 Å². The van der Waals surface area contributed by atoms with E-state index in [2.05, 4.69) is 15.3 Å². The first-order chi connectivity index (χ1) is 11.7. The molecule has 0 amide bonds. The van der Waals surface area contributed by atoms with Crippen LogP contribution in [0.1, 0.15) is 40.5 Å². The maximum Gasteiger partial charge on any atom is 0.339 e. The summed E-state index contributed by atoms with van der Waals surface area (Å²) in [6.07, 6.45) is 2.11. The molecule has 0 atom stereocenters. The number of nitrogens with two attached hydrogens (primary N) is 1. The van der Waals surface area contributed by atoms with E-state index in [1.807, 2.05) is 30.3 Å². The summed E-state index contributed by atoms with van der Waals surface area (Å²) in [5, 5.41) is 3.03. The second kappa shape index (κ2) is 8.80. The van der Waals surface area contributed by atoms with Crippen molar-refractivity contribution in [1.82, 2.24) is 4.98 Å². The van der Waals surface area contributed by atoms with Crippen molar-refractivity contribution in [2.75, 3.05) is 12.4 Å². The highest BCUT2D eigenvalue weighted by molar-refractivity contribution is 14.0. The molecule has 25 heavy (non-hydrogen) atoms. The van der Waals surface area contributed by atoms with Gasteiger partial charge in [0.25, 0.3) is 0 Å². The second-order valence-corrected chi connectivity index (χ2v) is 5.69. The number of hydrogen-bond donors (Lipinski definition) is 2. The molecule has 1 aliphatic carbocycles. The lowest BCUT2D eigenvalue weighted by Gasteiger charge is -2.08. The van der Waals surface area contributed by atoms with Crippen LogP contribution < -0.4 is 11.1 Å². The minimum atomic E-state index is -0.343. The van der Waals surface area contributed by atoms with Crippen LogP contribution in [0.5, 0.6) is 0 Å². The van der Waals surface area contributed by atoms with Gasteiger partial charge in [-0.25, -0.2) is 9.79 Å². The average molecular weight is 452 g/mol. The van der Waals surface area contributed by atoms with Gasteiger partial charge in [-0.3, -0.25) is 4.98 Å². The summed E-state index contributed by atoms with van der Waals surface area (Å²) >= 11 is 0. The first-order valence-corrected chi connectivity index (χ1v) is 7.87. The summed E-state index contributed by atoms with van der Waals surface area (Å²) in [6, 6.07) is 13.2. The van der Waals surface area contributed by atoms with E-state index in [0.717, 1.165) is 29.9 Å². The number of carbonyl (C=O) groups is 1. The number of nitrogens with one attached hydrogen (secondary N) is 1. The number of anilines is 1. The van der Waals surface area contributed by atoms with Crippen molar-refractivity contribution >= 4 is 41.6 Å². The van der Waals surface area contributed by atoms with Crippen LogP contribution in [0.4, 0.5) is 5.69 Å². The quantitative estimate of drug-likeness (QED) is 0.315. The van der Waals surface area contributed by atoms with Gasteiger partial charge in [0.05, 0.1) is 30.6 Å². The number of halogens is 1. The van der Waals surface area contributed by atoms with Crippen molar-refractivity contribution < 1.29 is 9.53 Å². The van der Waals surface area contributed by atoms with Crippen molar-refractivity contribution in [2.45, 2.75) is 25.3 Å². The first kappa shape index (κ1) is 19.2. The fraction of sp³-hybridized carbons (Fsp3) is 0.278. The van der Waals surface area contributed by atoms with E-state index in [-0.39, 0.29) is 29.9 Å². The largest absolute Gasteiger partial charge is 0.465 e. The number of guanidine groups is 1. The normalized spacial score (nSPS) is 13.7. The highest BCUT2D eigenvalue weighted by Gasteiger charge is 2.30. The van der Waals surface area contributed by atoms with Gasteiger partial charge in [0, 0.05) is 11.6 Å². The van der Waals surface area contributed by atoms with E-state index in [1.165, 1.54) is 7.11 Å². The number of para-hydroxylation sites is 1. The molecule has 1 saturated carbocycles. The van der Waals surface area contributed by atoms with E-state index in [9.17, 15) is 4.79 Å². The van der Waals surface area contributed by atoms with E-state index in [1.54, 1.807) is 12.1 Å². The molecule has 0 aliphatic heterocycles. The summed E-state index contributed by atoms with van der Waals surface area (Å²) < 4.78 is 4.82. The Bertz CT molecular complexity index is 761. The fourth-order valence-electron chi connectivity index (χ4n) is 2.43. The number of aromatic nitrogens is 1. The summed E-state index contributed by atoms with van der Waals surface area (Å²) in [5.41, 5.74) is 8.92. The zero-order chi connectivity index (χ0) is 16.9. The number of aliphatic imine (C=N–C) groups is 1. The fourth-order valence-corrected chi connectivity index (χ4v) is 2.43. The van der Waals surface area contributed by atoms with Gasteiger partial charge in [-0.1, -0.05) is 18.2 Å². The number of ether oxygens (including phenoxy) is 1. The maximum absolute atomic E-state index is 11.8. The highest BCUT2D eigenvalue weighted by atomic mass is 127. The number of pyridine rings is 1. The molecular formula is C18H21IN4O2. The summed E-state index contributed by atoms with van der Waals surface area (Å²) in [7, 11) is 1.38. The lowest BCUT2D eigenvalue weighted by atomic mass is 10.1. The molecule has 7 heteroatoms. The van der Waals surface area contributed by atoms with Gasteiger partial charge in [-0.2, -0.15) is 0 Å². The van der Waals surface area contributed by atoms with Crippen LogP contribution in [-0.4, -0.2) is 24.0 Å². The third-order valence-electron chi connectivity index (χ3n) is 3.81. The van der Waals surface area contributed by atoms with Crippen molar-refractivity contribution in [2.24, 2.45) is 10.7 Å². The van der Waals surface area contributed by atoms with Crippen molar-refractivity contribution in [3.63, 3.8) is 0 Å². The summed E-state index contributed by atoms with van der Waals surface area (Å²) in [6.45, 7) is 0.354. The van der Waals surface area contributed by atoms with Gasteiger partial charge in [0.15, 0.2) is 5.96 Å². The summed E-state index contributed by atoms with van der Waals surface area (Å²) in [4.78, 5) is 20.7. The number of methoxy groups -OCH3 is 1. The van der Waals surface area contributed by atoms with Crippen molar-refractivity contribution in [3.05, 3.63) is 59.4 Å². The minimum Gasteiger partial charge on any atom is -0.465 e. The van der Waals surface area contributed by atoms with Crippen LogP contribution >= 0.6 is 24.0 Å². The zero-order valence-corrected chi connectivity index (χ0v) is 16.3. The Morgan fingerprint density at radius 1 is 1.28 bits per heavy atom. The molecule has 1 aromatic heterocycles. The number of hydrogen-bond acceptors (Lipinski definition) is 4. The molecule has 0 spiro atoms. The third-order valence-corrected chi connectivity index (χ3v) is 3.81. The molecule has 0 radical (unpaired) electrons. The van der Waals surface area contributed by atoms with Crippen LogP contribution in [0.2, 0.25) is 0 Å². The Labute approximate surface area is 163 Å². The Morgan fingerprint density at radius 3 is 2.64 bits per heavy atom. The van der Waals surface area contributed by atoms with Crippen LogP contribution in [0, 0.1) is 0 Å². The summed E-state index contributed by atoms with van der Waals surface area (Å²) in [5.74, 6) is 0.334. The minimum absolute atomic E-state index is 0. The molecule has 3 rings (SSSR count). The number of benzene rings is 1. The van der Waals surface area contributed by atoms with Crippen LogP contribution in [-0.2, 0) is 11.3 Å². The Hall–Kier alpha value is -2.16. The Balaban J connectivity index is 0.00000225. The molecule has 0 bridgehead atoms. The molecule has 1 fully saturated rings. The zero-order valence-electron chi connectivity index (χ0n) is 13.9. The predicted molar refractivity (Wildman–Crippen MR) is 108 cm³/mol. The van der Waals surface area contributed by atoms with Crippen LogP contribution in [0.25, 0.3) is 0 Å². The van der Waals surface area contributed by atoms with Crippen molar-refractivity contribution in [3.8, 4) is 0 Å². The van der Waals surface area contributed by atoms with Crippen molar-refractivity contribution in [1.29, 1.82) is 0 Å². The molecule has 0 saturated heterocycles. The predicted octanol–water partition coefficient (Wildman–Crippen LogP) is 3.29. The molecule has 2 aromatic rings. The van der Waals surface area contributed by atoms with E-state index >= 15 is 0 Å². The second-order valence-electron chi connectivity index (χ2n) is 5.69. The van der Waals surface area contributed by atoms with Gasteiger partial charge < -0.3 is 15.8 Å². The van der Waals surface area contributed by atoms with Gasteiger partial charge >= 0.3 is 5.97 Å². The third kappa shape index (κ3) is 5.15. The maximum atomic E-state index is 11.8. The topological polar surface area (TPSA) is 89.6 Å². The number of esters is 1. The standard InChI is InChI=1S/C18H20N4O2.HI/c1-24-17(23)15-10-9-14(21-16(15)12-7-8-12)11-20-18(19)22-13-5-3-2-4-6-13;/h2-6,9-10,12H,7-8,11H2,1H3,(H3,19,20,22);1H. The van der Waals surface area contributed by atoms with Crippen LogP contribution in [0.3, 0.4) is 0 Å². The van der Waals surface area contributed by atoms with E-state index < -0.39 is 0 Å². The van der Waals surface area contributed by atoms with E-state index in [4.69, 9.17) is 10.5 Å². The van der Waals surface area contributed by atoms with Gasteiger partial charge in [-0.05, 0) is 37.1 Å². The van der Waals surface area contributed by atoms with Gasteiger partial charge in [-0.15, -0.1) is 24.0 Å². The first-order valence-electron chi connectivity index (χ1n) is 7.87. The molecule has 1 aliphatic rings. The molecule has 3 N–H and O–H groups in total. The number of nitrogens with zero attached hydrogens (tertiary/aromatic N) is 2.